The zero-order valence-electron chi connectivity index (χ0n) is 18.4. The van der Waals surface area contributed by atoms with Crippen molar-refractivity contribution in [1.29, 1.82) is 0 Å². The number of fused-ring (bicyclic) bond motifs is 1. The number of nitrogens with one attached hydrogen (secondary N) is 2. The zero-order chi connectivity index (χ0) is 22.7. The van der Waals surface area contributed by atoms with Crippen LogP contribution in [0, 0.1) is 13.8 Å². The molecule has 0 radical (unpaired) electrons. The number of aromatic nitrogens is 2. The van der Waals surface area contributed by atoms with Crippen LogP contribution in [-0.2, 0) is 34.2 Å². The molecule has 0 saturated heterocycles. The van der Waals surface area contributed by atoms with Crippen molar-refractivity contribution in [2.24, 2.45) is 0 Å². The molecule has 4 rings (SSSR count). The molecule has 0 atom stereocenters. The normalized spacial score (nSPS) is 13.2. The molecule has 0 saturated carbocycles. The largest absolute Gasteiger partial charge is 0.350 e. The predicted molar refractivity (Wildman–Crippen MR) is 123 cm³/mol. The van der Waals surface area contributed by atoms with Gasteiger partial charge in [-0.15, -0.1) is 0 Å². The van der Waals surface area contributed by atoms with E-state index in [4.69, 9.17) is 5.10 Å². The number of benzene rings is 2. The molecule has 0 spiro atoms. The molecule has 0 aliphatic heterocycles. The Balaban J connectivity index is 1.35. The SMILES string of the molecule is Cc1ccc(C)c(S(=O)(=O)NCCC(=O)NCc2nn(-c3ccccc3)c3c2CCC3)c1. The third-order valence-electron chi connectivity index (χ3n) is 5.74. The van der Waals surface area contributed by atoms with E-state index in [-0.39, 0.29) is 23.8 Å². The lowest BCUT2D eigenvalue weighted by atomic mass is 10.2. The fraction of sp³-hybridized carbons (Fsp3) is 0.333. The van der Waals surface area contributed by atoms with Crippen molar-refractivity contribution in [1.82, 2.24) is 19.8 Å². The van der Waals surface area contributed by atoms with E-state index in [1.165, 1.54) is 11.3 Å². The number of hydrogen-bond donors (Lipinski definition) is 2. The van der Waals surface area contributed by atoms with E-state index in [1.807, 2.05) is 48.0 Å². The summed E-state index contributed by atoms with van der Waals surface area (Å²) in [6.45, 7) is 3.98. The molecule has 1 aliphatic rings. The van der Waals surface area contributed by atoms with Gasteiger partial charge in [-0.1, -0.05) is 30.3 Å². The van der Waals surface area contributed by atoms with E-state index in [0.29, 0.717) is 12.1 Å². The lowest BCUT2D eigenvalue weighted by Crippen LogP contribution is -2.31. The summed E-state index contributed by atoms with van der Waals surface area (Å²) >= 11 is 0. The van der Waals surface area contributed by atoms with Gasteiger partial charge in [0.2, 0.25) is 15.9 Å². The highest BCUT2D eigenvalue weighted by atomic mass is 32.2. The first-order valence-electron chi connectivity index (χ1n) is 10.8. The Hall–Kier alpha value is -2.97. The van der Waals surface area contributed by atoms with Crippen molar-refractivity contribution in [3.05, 3.63) is 76.6 Å². The first-order valence-corrected chi connectivity index (χ1v) is 12.3. The van der Waals surface area contributed by atoms with Gasteiger partial charge in [-0.05, 0) is 68.0 Å². The van der Waals surface area contributed by atoms with Crippen LogP contribution in [0.3, 0.4) is 0 Å². The van der Waals surface area contributed by atoms with Gasteiger partial charge in [0.25, 0.3) is 0 Å². The minimum absolute atomic E-state index is 0.0398. The van der Waals surface area contributed by atoms with E-state index in [0.717, 1.165) is 36.2 Å². The first-order chi connectivity index (χ1) is 15.3. The number of rotatable bonds is 8. The molecule has 1 heterocycles. The topological polar surface area (TPSA) is 93.1 Å². The highest BCUT2D eigenvalue weighted by Crippen LogP contribution is 2.27. The van der Waals surface area contributed by atoms with E-state index >= 15 is 0 Å². The highest BCUT2D eigenvalue weighted by molar-refractivity contribution is 7.89. The molecule has 8 heteroatoms. The van der Waals surface area contributed by atoms with Crippen LogP contribution in [0.25, 0.3) is 5.69 Å². The van der Waals surface area contributed by atoms with Crippen molar-refractivity contribution >= 4 is 15.9 Å². The van der Waals surface area contributed by atoms with Gasteiger partial charge in [0, 0.05) is 18.7 Å². The second kappa shape index (κ2) is 9.26. The standard InChI is InChI=1S/C24H28N4O3S/c1-17-11-12-18(2)23(15-17)32(30,31)26-14-13-24(29)25-16-21-20-9-6-10-22(20)28(27-21)19-7-4-3-5-8-19/h3-5,7-8,11-12,15,26H,6,9-10,13-14,16H2,1-2H3,(H,25,29). The fourth-order valence-corrected chi connectivity index (χ4v) is 5.44. The van der Waals surface area contributed by atoms with Crippen molar-refractivity contribution in [2.45, 2.75) is 51.0 Å². The zero-order valence-corrected chi connectivity index (χ0v) is 19.2. The monoisotopic (exact) mass is 452 g/mol. The average Bonchev–Trinajstić information content (AvgIpc) is 3.37. The van der Waals surface area contributed by atoms with Gasteiger partial charge in [-0.3, -0.25) is 4.79 Å². The van der Waals surface area contributed by atoms with E-state index < -0.39 is 10.0 Å². The summed E-state index contributed by atoms with van der Waals surface area (Å²) < 4.78 is 29.7. The Labute approximate surface area is 188 Å². The van der Waals surface area contributed by atoms with Crippen molar-refractivity contribution < 1.29 is 13.2 Å². The Bertz CT molecular complexity index is 1230. The number of aryl methyl sites for hydroxylation is 2. The average molecular weight is 453 g/mol. The number of para-hydroxylation sites is 1. The molecule has 1 aromatic heterocycles. The quantitative estimate of drug-likeness (QED) is 0.550. The third-order valence-corrected chi connectivity index (χ3v) is 7.35. The van der Waals surface area contributed by atoms with Crippen LogP contribution in [0.4, 0.5) is 0 Å². The van der Waals surface area contributed by atoms with Crippen LogP contribution in [0.5, 0.6) is 0 Å². The Morgan fingerprint density at radius 1 is 1.09 bits per heavy atom. The molecule has 1 aliphatic carbocycles. The molecule has 0 unspecified atom stereocenters. The number of hydrogen-bond acceptors (Lipinski definition) is 4. The summed E-state index contributed by atoms with van der Waals surface area (Å²) in [5.74, 6) is -0.213. The summed E-state index contributed by atoms with van der Waals surface area (Å²) in [5, 5.41) is 7.63. The lowest BCUT2D eigenvalue weighted by Gasteiger charge is -2.10. The van der Waals surface area contributed by atoms with Crippen LogP contribution >= 0.6 is 0 Å². The van der Waals surface area contributed by atoms with Gasteiger partial charge in [0.15, 0.2) is 0 Å². The maximum atomic E-state index is 12.6. The van der Waals surface area contributed by atoms with E-state index in [2.05, 4.69) is 10.0 Å². The maximum Gasteiger partial charge on any atom is 0.240 e. The summed E-state index contributed by atoms with van der Waals surface area (Å²) in [7, 11) is -3.66. The van der Waals surface area contributed by atoms with Crippen LogP contribution in [0.2, 0.25) is 0 Å². The molecule has 1 amide bonds. The molecular weight excluding hydrogens is 424 g/mol. The number of carbonyl (C=O) groups is 1. The molecule has 0 fully saturated rings. The predicted octanol–water partition coefficient (Wildman–Crippen LogP) is 2.96. The molecule has 32 heavy (non-hydrogen) atoms. The summed E-state index contributed by atoms with van der Waals surface area (Å²) in [4.78, 5) is 12.6. The Morgan fingerprint density at radius 2 is 1.88 bits per heavy atom. The third kappa shape index (κ3) is 4.76. The van der Waals surface area contributed by atoms with Crippen LogP contribution in [-0.4, -0.2) is 30.7 Å². The summed E-state index contributed by atoms with van der Waals surface area (Å²) in [6.07, 6.45) is 3.08. The molecule has 2 N–H and O–H groups in total. The van der Waals surface area contributed by atoms with Crippen molar-refractivity contribution in [3.8, 4) is 5.69 Å². The smallest absolute Gasteiger partial charge is 0.240 e. The number of carbonyl (C=O) groups excluding carboxylic acids is 1. The number of nitrogens with zero attached hydrogens (tertiary/aromatic N) is 2. The Kier molecular flexibility index (Phi) is 6.43. The van der Waals surface area contributed by atoms with E-state index in [9.17, 15) is 13.2 Å². The van der Waals surface area contributed by atoms with Gasteiger partial charge in [-0.25, -0.2) is 17.8 Å². The van der Waals surface area contributed by atoms with Gasteiger partial charge in [-0.2, -0.15) is 5.10 Å². The molecule has 168 valence electrons. The van der Waals surface area contributed by atoms with Crippen molar-refractivity contribution in [2.75, 3.05) is 6.54 Å². The van der Waals surface area contributed by atoms with Gasteiger partial charge in [0.1, 0.15) is 0 Å². The molecule has 3 aromatic rings. The van der Waals surface area contributed by atoms with Gasteiger partial charge < -0.3 is 5.32 Å². The van der Waals surface area contributed by atoms with Gasteiger partial charge in [0.05, 0.1) is 22.8 Å². The summed E-state index contributed by atoms with van der Waals surface area (Å²) in [5.41, 5.74) is 5.87. The molecule has 0 bridgehead atoms. The van der Waals surface area contributed by atoms with E-state index in [1.54, 1.807) is 19.1 Å². The molecule has 7 nitrogen and oxygen atoms in total. The Morgan fingerprint density at radius 3 is 2.66 bits per heavy atom. The maximum absolute atomic E-state index is 12.6. The fourth-order valence-electron chi connectivity index (χ4n) is 4.08. The molecular formula is C24H28N4O3S. The minimum atomic E-state index is -3.66. The highest BCUT2D eigenvalue weighted by Gasteiger charge is 2.23. The van der Waals surface area contributed by atoms with Gasteiger partial charge >= 0.3 is 0 Å². The minimum Gasteiger partial charge on any atom is -0.350 e. The second-order valence-corrected chi connectivity index (χ2v) is 9.90. The molecule has 2 aromatic carbocycles. The lowest BCUT2D eigenvalue weighted by molar-refractivity contribution is -0.121. The summed E-state index contributed by atoms with van der Waals surface area (Å²) in [6, 6.07) is 15.3. The van der Waals surface area contributed by atoms with Crippen LogP contribution < -0.4 is 10.0 Å². The second-order valence-electron chi connectivity index (χ2n) is 8.17. The first kappa shape index (κ1) is 22.2. The van der Waals surface area contributed by atoms with Crippen LogP contribution in [0.15, 0.2) is 53.4 Å². The number of sulfonamides is 1. The van der Waals surface area contributed by atoms with Crippen molar-refractivity contribution in [3.63, 3.8) is 0 Å². The van der Waals surface area contributed by atoms with Crippen LogP contribution in [0.1, 0.15) is 40.9 Å². The number of amides is 1.